The van der Waals surface area contributed by atoms with Crippen molar-refractivity contribution < 1.29 is 22.4 Å². The maximum absolute atomic E-state index is 13.7. The summed E-state index contributed by atoms with van der Waals surface area (Å²) in [5.74, 6) is -2.45. The number of benzene rings is 1. The average Bonchev–Trinajstić information content (AvgIpc) is 2.73. The van der Waals surface area contributed by atoms with Crippen molar-refractivity contribution in [1.82, 2.24) is 15.2 Å². The lowest BCUT2D eigenvalue weighted by Gasteiger charge is -2.10. The Bertz CT molecular complexity index is 650. The Morgan fingerprint density at radius 1 is 1.35 bits per heavy atom. The predicted molar refractivity (Wildman–Crippen MR) is 60.5 cm³/mol. The molecule has 0 saturated heterocycles. The minimum atomic E-state index is -4.87. The number of amides is 1. The van der Waals surface area contributed by atoms with E-state index in [0.717, 1.165) is 12.1 Å². The van der Waals surface area contributed by atoms with E-state index in [2.05, 4.69) is 20.5 Å². The summed E-state index contributed by atoms with van der Waals surface area (Å²) in [7, 11) is 0. The normalized spacial score (nSPS) is 11.4. The predicted octanol–water partition coefficient (Wildman–Crippen LogP) is 2.52. The van der Waals surface area contributed by atoms with E-state index in [4.69, 9.17) is 0 Å². The number of aryl methyl sites for hydroxylation is 1. The standard InChI is InChI=1S/C11H8F4N4O/c1-5-16-10(19-18-5)17-9(20)6-3-2-4-7(8(6)12)11(13,14)15/h2-4H,1H3,(H2,16,17,18,19,20). The summed E-state index contributed by atoms with van der Waals surface area (Å²) < 4.78 is 51.3. The van der Waals surface area contributed by atoms with Crippen molar-refractivity contribution in [1.29, 1.82) is 0 Å². The van der Waals surface area contributed by atoms with E-state index >= 15 is 0 Å². The second-order valence-corrected chi connectivity index (χ2v) is 3.86. The van der Waals surface area contributed by atoms with Crippen LogP contribution < -0.4 is 5.32 Å². The van der Waals surface area contributed by atoms with Gasteiger partial charge in [-0.15, -0.1) is 5.10 Å². The van der Waals surface area contributed by atoms with Crippen molar-refractivity contribution in [3.05, 3.63) is 41.0 Å². The molecule has 5 nitrogen and oxygen atoms in total. The van der Waals surface area contributed by atoms with Crippen molar-refractivity contribution in [3.63, 3.8) is 0 Å². The van der Waals surface area contributed by atoms with Crippen LogP contribution in [0.25, 0.3) is 0 Å². The zero-order chi connectivity index (χ0) is 14.9. The number of nitrogens with zero attached hydrogens (tertiary/aromatic N) is 2. The van der Waals surface area contributed by atoms with Crippen molar-refractivity contribution in [2.24, 2.45) is 0 Å². The number of hydrogen-bond acceptors (Lipinski definition) is 3. The van der Waals surface area contributed by atoms with Gasteiger partial charge in [0.1, 0.15) is 11.6 Å². The highest BCUT2D eigenvalue weighted by atomic mass is 19.4. The Morgan fingerprint density at radius 3 is 2.60 bits per heavy atom. The van der Waals surface area contributed by atoms with Gasteiger partial charge in [-0.2, -0.15) is 18.2 Å². The molecule has 0 atom stereocenters. The zero-order valence-corrected chi connectivity index (χ0v) is 10.0. The van der Waals surface area contributed by atoms with Gasteiger partial charge in [0.15, 0.2) is 0 Å². The smallest absolute Gasteiger partial charge is 0.289 e. The Hall–Kier alpha value is -2.45. The first-order valence-electron chi connectivity index (χ1n) is 5.35. The number of aromatic nitrogens is 3. The highest BCUT2D eigenvalue weighted by molar-refractivity contribution is 6.03. The molecule has 0 bridgehead atoms. The van der Waals surface area contributed by atoms with E-state index in [-0.39, 0.29) is 5.95 Å². The minimum Gasteiger partial charge on any atom is -0.289 e. The van der Waals surface area contributed by atoms with Crippen LogP contribution in [0.4, 0.5) is 23.5 Å². The van der Waals surface area contributed by atoms with Gasteiger partial charge in [0.05, 0.1) is 11.1 Å². The summed E-state index contributed by atoms with van der Waals surface area (Å²) in [6, 6.07) is 2.45. The third kappa shape index (κ3) is 2.76. The molecular formula is C11H8F4N4O. The van der Waals surface area contributed by atoms with E-state index in [1.807, 2.05) is 0 Å². The van der Waals surface area contributed by atoms with E-state index in [1.54, 1.807) is 6.92 Å². The Kier molecular flexibility index (Phi) is 3.43. The lowest BCUT2D eigenvalue weighted by atomic mass is 10.1. The molecule has 1 heterocycles. The van der Waals surface area contributed by atoms with Gasteiger partial charge in [-0.25, -0.2) is 4.39 Å². The second kappa shape index (κ2) is 4.91. The molecule has 0 aliphatic carbocycles. The van der Waals surface area contributed by atoms with E-state index < -0.39 is 29.0 Å². The van der Waals surface area contributed by atoms with Crippen LogP contribution in [-0.2, 0) is 6.18 Å². The van der Waals surface area contributed by atoms with Crippen molar-refractivity contribution in [2.75, 3.05) is 5.32 Å². The van der Waals surface area contributed by atoms with Gasteiger partial charge in [0, 0.05) is 0 Å². The molecule has 0 fully saturated rings. The second-order valence-electron chi connectivity index (χ2n) is 3.86. The van der Waals surface area contributed by atoms with Gasteiger partial charge in [0.25, 0.3) is 5.91 Å². The topological polar surface area (TPSA) is 70.7 Å². The molecule has 9 heteroatoms. The first kappa shape index (κ1) is 14.0. The number of hydrogen-bond donors (Lipinski definition) is 2. The van der Waals surface area contributed by atoms with Gasteiger partial charge in [0.2, 0.25) is 5.95 Å². The van der Waals surface area contributed by atoms with Crippen LogP contribution in [0.2, 0.25) is 0 Å². The number of H-pyrrole nitrogens is 1. The number of halogens is 4. The fourth-order valence-corrected chi connectivity index (χ4v) is 1.49. The Labute approximate surface area is 110 Å². The first-order valence-corrected chi connectivity index (χ1v) is 5.35. The molecule has 2 aromatic rings. The third-order valence-electron chi connectivity index (χ3n) is 2.37. The summed E-state index contributed by atoms with van der Waals surface area (Å²) in [5.41, 5.74) is -2.24. The molecule has 0 unspecified atom stereocenters. The summed E-state index contributed by atoms with van der Waals surface area (Å²) in [4.78, 5) is 15.4. The minimum absolute atomic E-state index is 0.149. The molecule has 0 aliphatic heterocycles. The first-order chi connectivity index (χ1) is 9.29. The summed E-state index contributed by atoms with van der Waals surface area (Å²) in [6.07, 6.45) is -4.87. The highest BCUT2D eigenvalue weighted by Crippen LogP contribution is 2.32. The number of aromatic amines is 1. The molecule has 0 radical (unpaired) electrons. The molecule has 1 aromatic heterocycles. The van der Waals surface area contributed by atoms with Gasteiger partial charge in [-0.3, -0.25) is 15.2 Å². The molecule has 1 aromatic carbocycles. The molecule has 20 heavy (non-hydrogen) atoms. The number of carbonyl (C=O) groups is 1. The number of rotatable bonds is 2. The summed E-state index contributed by atoms with van der Waals surface area (Å²) in [6.45, 7) is 1.56. The number of anilines is 1. The van der Waals surface area contributed by atoms with Crippen LogP contribution in [0, 0.1) is 12.7 Å². The van der Waals surface area contributed by atoms with Gasteiger partial charge in [-0.05, 0) is 19.1 Å². The van der Waals surface area contributed by atoms with Crippen molar-refractivity contribution in [2.45, 2.75) is 13.1 Å². The molecule has 0 saturated carbocycles. The fraction of sp³-hybridized carbons (Fsp3) is 0.182. The summed E-state index contributed by atoms with van der Waals surface area (Å²) >= 11 is 0. The van der Waals surface area contributed by atoms with Crippen LogP contribution in [-0.4, -0.2) is 21.1 Å². The quantitative estimate of drug-likeness (QED) is 0.834. The van der Waals surface area contributed by atoms with Gasteiger partial charge >= 0.3 is 6.18 Å². The maximum Gasteiger partial charge on any atom is 0.419 e. The number of alkyl halides is 3. The molecule has 2 N–H and O–H groups in total. The molecular weight excluding hydrogens is 280 g/mol. The monoisotopic (exact) mass is 288 g/mol. The molecule has 1 amide bonds. The van der Waals surface area contributed by atoms with Crippen LogP contribution in [0.3, 0.4) is 0 Å². The van der Waals surface area contributed by atoms with Crippen molar-refractivity contribution >= 4 is 11.9 Å². The zero-order valence-electron chi connectivity index (χ0n) is 10.0. The van der Waals surface area contributed by atoms with Crippen LogP contribution >= 0.6 is 0 Å². The molecule has 2 rings (SSSR count). The Morgan fingerprint density at radius 2 is 2.05 bits per heavy atom. The number of carbonyl (C=O) groups excluding carboxylic acids is 1. The SMILES string of the molecule is Cc1nc(NC(=O)c2cccc(C(F)(F)F)c2F)n[nH]1. The summed E-state index contributed by atoms with van der Waals surface area (Å²) in [5, 5.41) is 8.09. The lowest BCUT2D eigenvalue weighted by molar-refractivity contribution is -0.140. The fourth-order valence-electron chi connectivity index (χ4n) is 1.49. The van der Waals surface area contributed by atoms with Gasteiger partial charge in [-0.1, -0.05) is 6.07 Å². The van der Waals surface area contributed by atoms with E-state index in [1.165, 1.54) is 0 Å². The van der Waals surface area contributed by atoms with E-state index in [9.17, 15) is 22.4 Å². The highest BCUT2D eigenvalue weighted by Gasteiger charge is 2.35. The third-order valence-corrected chi connectivity index (χ3v) is 2.37. The molecule has 0 spiro atoms. The molecule has 106 valence electrons. The Balaban J connectivity index is 2.31. The van der Waals surface area contributed by atoms with Crippen molar-refractivity contribution in [3.8, 4) is 0 Å². The average molecular weight is 288 g/mol. The van der Waals surface area contributed by atoms with Gasteiger partial charge < -0.3 is 0 Å². The van der Waals surface area contributed by atoms with Crippen LogP contribution in [0.1, 0.15) is 21.7 Å². The maximum atomic E-state index is 13.7. The van der Waals surface area contributed by atoms with E-state index in [0.29, 0.717) is 11.9 Å². The molecule has 0 aliphatic rings. The number of nitrogens with one attached hydrogen (secondary N) is 2. The lowest BCUT2D eigenvalue weighted by Crippen LogP contribution is -2.18. The largest absolute Gasteiger partial charge is 0.419 e. The van der Waals surface area contributed by atoms with Crippen LogP contribution in [0.5, 0.6) is 0 Å². The van der Waals surface area contributed by atoms with Crippen LogP contribution in [0.15, 0.2) is 18.2 Å².